The van der Waals surface area contributed by atoms with Crippen LogP contribution in [0.3, 0.4) is 0 Å². The maximum absolute atomic E-state index is 11.9. The third kappa shape index (κ3) is 5.94. The summed E-state index contributed by atoms with van der Waals surface area (Å²) < 4.78 is 5.07. The van der Waals surface area contributed by atoms with Crippen molar-refractivity contribution in [1.82, 2.24) is 10.2 Å². The highest BCUT2D eigenvalue weighted by atomic mass is 35.5. The van der Waals surface area contributed by atoms with Crippen molar-refractivity contribution in [3.05, 3.63) is 29.8 Å². The van der Waals surface area contributed by atoms with E-state index in [1.54, 1.807) is 19.2 Å². The lowest BCUT2D eigenvalue weighted by atomic mass is 10.2. The van der Waals surface area contributed by atoms with Crippen LogP contribution in [0.15, 0.2) is 24.3 Å². The summed E-state index contributed by atoms with van der Waals surface area (Å²) in [6, 6.07) is 7.20. The average Bonchev–Trinajstić information content (AvgIpc) is 3.00. The molecular formula is C16H25ClN2O2. The van der Waals surface area contributed by atoms with Crippen molar-refractivity contribution < 1.29 is 9.53 Å². The molecule has 0 aromatic heterocycles. The summed E-state index contributed by atoms with van der Waals surface area (Å²) in [5.74, 6) is 0.765. The molecule has 0 radical (unpaired) electrons. The van der Waals surface area contributed by atoms with Crippen molar-refractivity contribution in [2.24, 2.45) is 0 Å². The van der Waals surface area contributed by atoms with Crippen molar-refractivity contribution in [2.45, 2.75) is 25.7 Å². The molecule has 5 heteroatoms. The van der Waals surface area contributed by atoms with E-state index in [-0.39, 0.29) is 18.3 Å². The molecule has 118 valence electrons. The van der Waals surface area contributed by atoms with Crippen molar-refractivity contribution in [3.8, 4) is 5.75 Å². The molecule has 1 heterocycles. The quantitative estimate of drug-likeness (QED) is 0.787. The molecule has 1 amide bonds. The Balaban J connectivity index is 0.00000220. The number of hydrogen-bond acceptors (Lipinski definition) is 3. The number of hydrogen-bond donors (Lipinski definition) is 1. The van der Waals surface area contributed by atoms with Gasteiger partial charge in [0.15, 0.2) is 0 Å². The number of nitrogens with zero attached hydrogens (tertiary/aromatic N) is 1. The molecule has 1 fully saturated rings. The summed E-state index contributed by atoms with van der Waals surface area (Å²) in [6.07, 6.45) is 4.88. The van der Waals surface area contributed by atoms with E-state index in [4.69, 9.17) is 4.74 Å². The number of ether oxygens (including phenoxy) is 1. The van der Waals surface area contributed by atoms with Gasteiger partial charge in [-0.05, 0) is 69.6 Å². The first kappa shape index (κ1) is 17.8. The molecule has 0 bridgehead atoms. The van der Waals surface area contributed by atoms with Gasteiger partial charge in [0, 0.05) is 12.1 Å². The van der Waals surface area contributed by atoms with Crippen molar-refractivity contribution in [2.75, 3.05) is 33.3 Å². The van der Waals surface area contributed by atoms with Crippen LogP contribution < -0.4 is 10.1 Å². The molecule has 1 aliphatic rings. The SMILES string of the molecule is COc1ccc(C(=O)NCCCCN2CCCC2)cc1.Cl. The van der Waals surface area contributed by atoms with Crippen LogP contribution in [0.5, 0.6) is 5.75 Å². The molecule has 0 spiro atoms. The number of carbonyl (C=O) groups is 1. The summed E-state index contributed by atoms with van der Waals surface area (Å²) in [7, 11) is 1.62. The molecule has 1 N–H and O–H groups in total. The van der Waals surface area contributed by atoms with E-state index in [1.807, 2.05) is 12.1 Å². The Kier molecular flexibility index (Phi) is 8.16. The van der Waals surface area contributed by atoms with Crippen molar-refractivity contribution in [3.63, 3.8) is 0 Å². The van der Waals surface area contributed by atoms with Crippen LogP contribution in [0.4, 0.5) is 0 Å². The minimum atomic E-state index is -0.00572. The van der Waals surface area contributed by atoms with Crippen LogP contribution in [-0.4, -0.2) is 44.1 Å². The van der Waals surface area contributed by atoms with E-state index in [1.165, 1.54) is 32.5 Å². The van der Waals surface area contributed by atoms with Gasteiger partial charge in [0.05, 0.1) is 7.11 Å². The van der Waals surface area contributed by atoms with E-state index in [0.717, 1.165) is 25.1 Å². The molecular weight excluding hydrogens is 288 g/mol. The highest BCUT2D eigenvalue weighted by molar-refractivity contribution is 5.94. The largest absolute Gasteiger partial charge is 0.497 e. The maximum atomic E-state index is 11.9. The Hall–Kier alpha value is -1.26. The standard InChI is InChI=1S/C16H24N2O2.ClH/c1-20-15-8-6-14(7-9-15)16(19)17-10-2-3-11-18-12-4-5-13-18;/h6-9H,2-5,10-13H2,1H3,(H,17,19);1H. The number of halogens is 1. The smallest absolute Gasteiger partial charge is 0.251 e. The lowest BCUT2D eigenvalue weighted by molar-refractivity contribution is 0.0952. The molecule has 2 rings (SSSR count). The second kappa shape index (κ2) is 9.64. The van der Waals surface area contributed by atoms with Gasteiger partial charge in [0.2, 0.25) is 0 Å². The molecule has 4 nitrogen and oxygen atoms in total. The van der Waals surface area contributed by atoms with Crippen LogP contribution in [0.1, 0.15) is 36.0 Å². The second-order valence-corrected chi connectivity index (χ2v) is 5.24. The number of amides is 1. The third-order valence-electron chi connectivity index (χ3n) is 3.74. The highest BCUT2D eigenvalue weighted by Gasteiger charge is 2.10. The lowest BCUT2D eigenvalue weighted by Gasteiger charge is -2.14. The number of unbranched alkanes of at least 4 members (excludes halogenated alkanes) is 1. The van der Waals surface area contributed by atoms with Crippen LogP contribution >= 0.6 is 12.4 Å². The highest BCUT2D eigenvalue weighted by Crippen LogP contribution is 2.11. The zero-order chi connectivity index (χ0) is 14.2. The van der Waals surface area contributed by atoms with Gasteiger partial charge in [-0.2, -0.15) is 0 Å². The predicted molar refractivity (Wildman–Crippen MR) is 87.5 cm³/mol. The average molecular weight is 313 g/mol. The van der Waals surface area contributed by atoms with E-state index < -0.39 is 0 Å². The number of likely N-dealkylation sites (tertiary alicyclic amines) is 1. The van der Waals surface area contributed by atoms with Crippen molar-refractivity contribution >= 4 is 18.3 Å². The Bertz CT molecular complexity index is 417. The van der Waals surface area contributed by atoms with E-state index in [2.05, 4.69) is 10.2 Å². The fourth-order valence-corrected chi connectivity index (χ4v) is 2.51. The van der Waals surface area contributed by atoms with Crippen LogP contribution in [0.2, 0.25) is 0 Å². The minimum absolute atomic E-state index is 0. The second-order valence-electron chi connectivity index (χ2n) is 5.24. The molecule has 0 atom stereocenters. The van der Waals surface area contributed by atoms with E-state index >= 15 is 0 Å². The number of carbonyl (C=O) groups excluding carboxylic acids is 1. The predicted octanol–water partition coefficient (Wildman–Crippen LogP) is 2.72. The number of rotatable bonds is 7. The first-order valence-corrected chi connectivity index (χ1v) is 7.44. The number of benzene rings is 1. The number of methoxy groups -OCH3 is 1. The lowest BCUT2D eigenvalue weighted by Crippen LogP contribution is -2.26. The topological polar surface area (TPSA) is 41.6 Å². The van der Waals surface area contributed by atoms with Gasteiger partial charge < -0.3 is 15.0 Å². The van der Waals surface area contributed by atoms with Gasteiger partial charge in [-0.3, -0.25) is 4.79 Å². The summed E-state index contributed by atoms with van der Waals surface area (Å²) in [5.41, 5.74) is 0.686. The zero-order valence-corrected chi connectivity index (χ0v) is 13.5. The summed E-state index contributed by atoms with van der Waals surface area (Å²) >= 11 is 0. The molecule has 0 saturated carbocycles. The molecule has 0 unspecified atom stereocenters. The molecule has 0 aliphatic carbocycles. The number of nitrogens with one attached hydrogen (secondary N) is 1. The Morgan fingerprint density at radius 3 is 2.48 bits per heavy atom. The zero-order valence-electron chi connectivity index (χ0n) is 12.6. The maximum Gasteiger partial charge on any atom is 0.251 e. The van der Waals surface area contributed by atoms with Gasteiger partial charge in [-0.25, -0.2) is 0 Å². The molecule has 1 aromatic carbocycles. The Labute approximate surface area is 133 Å². The minimum Gasteiger partial charge on any atom is -0.497 e. The third-order valence-corrected chi connectivity index (χ3v) is 3.74. The van der Waals surface area contributed by atoms with Gasteiger partial charge in [0.1, 0.15) is 5.75 Å². The van der Waals surface area contributed by atoms with Gasteiger partial charge in [0.25, 0.3) is 5.91 Å². The Morgan fingerprint density at radius 2 is 1.86 bits per heavy atom. The van der Waals surface area contributed by atoms with Crippen LogP contribution in [-0.2, 0) is 0 Å². The van der Waals surface area contributed by atoms with Gasteiger partial charge >= 0.3 is 0 Å². The van der Waals surface area contributed by atoms with E-state index in [9.17, 15) is 4.79 Å². The molecule has 1 aromatic rings. The van der Waals surface area contributed by atoms with Crippen LogP contribution in [0.25, 0.3) is 0 Å². The molecule has 21 heavy (non-hydrogen) atoms. The van der Waals surface area contributed by atoms with Crippen molar-refractivity contribution in [1.29, 1.82) is 0 Å². The summed E-state index contributed by atoms with van der Waals surface area (Å²) in [5, 5.41) is 2.96. The van der Waals surface area contributed by atoms with E-state index in [0.29, 0.717) is 5.56 Å². The monoisotopic (exact) mass is 312 g/mol. The Morgan fingerprint density at radius 1 is 1.19 bits per heavy atom. The van der Waals surface area contributed by atoms with Gasteiger partial charge in [-0.1, -0.05) is 0 Å². The normalized spacial score (nSPS) is 14.5. The van der Waals surface area contributed by atoms with Gasteiger partial charge in [-0.15, -0.1) is 12.4 Å². The molecule has 1 saturated heterocycles. The van der Waals surface area contributed by atoms with Crippen LogP contribution in [0, 0.1) is 0 Å². The first-order valence-electron chi connectivity index (χ1n) is 7.44. The fourth-order valence-electron chi connectivity index (χ4n) is 2.51. The summed E-state index contributed by atoms with van der Waals surface area (Å²) in [6.45, 7) is 4.41. The fraction of sp³-hybridized carbons (Fsp3) is 0.562. The molecule has 1 aliphatic heterocycles. The first-order chi connectivity index (χ1) is 9.79. The summed E-state index contributed by atoms with van der Waals surface area (Å²) in [4.78, 5) is 14.4.